The van der Waals surface area contributed by atoms with E-state index in [2.05, 4.69) is 12.6 Å². The van der Waals surface area contributed by atoms with Crippen molar-refractivity contribution in [2.75, 3.05) is 19.7 Å². The van der Waals surface area contributed by atoms with Gasteiger partial charge in [0.25, 0.3) is 0 Å². The van der Waals surface area contributed by atoms with Crippen LogP contribution in [0.25, 0.3) is 0 Å². The molecule has 0 aromatic heterocycles. The van der Waals surface area contributed by atoms with Crippen molar-refractivity contribution in [1.82, 2.24) is 4.90 Å². The van der Waals surface area contributed by atoms with Gasteiger partial charge in [-0.1, -0.05) is 0 Å². The predicted molar refractivity (Wildman–Crippen MR) is 90.5 cm³/mol. The lowest BCUT2D eigenvalue weighted by Crippen LogP contribution is -2.47. The average molecular weight is 345 g/mol. The quantitative estimate of drug-likeness (QED) is 0.474. The van der Waals surface area contributed by atoms with Crippen LogP contribution in [0.4, 0.5) is 4.79 Å². The average Bonchev–Trinajstić information content (AvgIpc) is 2.34. The zero-order valence-electron chi connectivity index (χ0n) is 14.7. The molecule has 1 aliphatic heterocycles. The number of thiol groups is 1. The molecule has 1 heterocycles. The van der Waals surface area contributed by atoms with E-state index in [1.807, 2.05) is 20.8 Å². The summed E-state index contributed by atoms with van der Waals surface area (Å²) in [6, 6.07) is 0. The minimum atomic E-state index is -0.572. The smallest absolute Gasteiger partial charge is 0.410 e. The Balaban J connectivity index is 2.67. The zero-order chi connectivity index (χ0) is 17.8. The summed E-state index contributed by atoms with van der Waals surface area (Å²) in [4.78, 5) is 25.9. The van der Waals surface area contributed by atoms with Crippen LogP contribution >= 0.6 is 12.6 Å². The Morgan fingerprint density at radius 3 is 2.22 bits per heavy atom. The molecule has 0 spiro atoms. The third kappa shape index (κ3) is 7.74. The van der Waals surface area contributed by atoms with Crippen molar-refractivity contribution >= 4 is 24.7 Å². The van der Waals surface area contributed by atoms with E-state index >= 15 is 0 Å². The van der Waals surface area contributed by atoms with Gasteiger partial charge in [-0.3, -0.25) is 0 Å². The van der Waals surface area contributed by atoms with Gasteiger partial charge in [-0.05, 0) is 41.5 Å². The zero-order valence-corrected chi connectivity index (χ0v) is 15.6. The van der Waals surface area contributed by atoms with E-state index < -0.39 is 29.4 Å². The highest BCUT2D eigenvalue weighted by Crippen LogP contribution is 2.20. The molecule has 1 rings (SSSR count). The predicted octanol–water partition coefficient (Wildman–Crippen LogP) is 2.78. The highest BCUT2D eigenvalue weighted by Gasteiger charge is 2.29. The van der Waals surface area contributed by atoms with E-state index in [1.165, 1.54) is 6.08 Å². The molecule has 0 bridgehead atoms. The van der Waals surface area contributed by atoms with Crippen LogP contribution in [0.3, 0.4) is 0 Å². The maximum absolute atomic E-state index is 12.1. The van der Waals surface area contributed by atoms with Gasteiger partial charge in [-0.15, -0.1) is 12.6 Å². The molecule has 1 fully saturated rings. The molecule has 0 radical (unpaired) electrons. The Bertz CT molecular complexity index is 476. The minimum Gasteiger partial charge on any atom is -0.457 e. The largest absolute Gasteiger partial charge is 0.457 e. The molecule has 1 amide bonds. The first-order chi connectivity index (χ1) is 10.4. The third-order valence-electron chi connectivity index (χ3n) is 2.72. The molecule has 0 aromatic rings. The lowest BCUT2D eigenvalue weighted by molar-refractivity contribution is -0.148. The minimum absolute atomic E-state index is 0.285. The number of carbonyl (C=O) groups is 2. The van der Waals surface area contributed by atoms with Crippen LogP contribution in [-0.4, -0.2) is 54.0 Å². The number of hydrogen-bond donors (Lipinski definition) is 1. The summed E-state index contributed by atoms with van der Waals surface area (Å²) < 4.78 is 16.1. The lowest BCUT2D eigenvalue weighted by Gasteiger charge is -2.34. The topological polar surface area (TPSA) is 65.1 Å². The number of carbonyl (C=O) groups excluding carboxylic acids is 2. The molecular weight excluding hydrogens is 318 g/mol. The Morgan fingerprint density at radius 2 is 1.70 bits per heavy atom. The molecule has 0 unspecified atom stereocenters. The normalized spacial score (nSPS) is 20.2. The summed E-state index contributed by atoms with van der Waals surface area (Å²) in [5.74, 6) is -0.486. The molecule has 0 aromatic carbocycles. The third-order valence-corrected chi connectivity index (χ3v) is 3.14. The fourth-order valence-corrected chi connectivity index (χ4v) is 2.13. The second kappa shape index (κ2) is 7.57. The molecule has 0 saturated carbocycles. The highest BCUT2D eigenvalue weighted by molar-refractivity contribution is 7.84. The van der Waals surface area contributed by atoms with E-state index in [0.717, 1.165) is 0 Å². The first-order valence-corrected chi connectivity index (χ1v) is 8.05. The van der Waals surface area contributed by atoms with Gasteiger partial charge in [0.1, 0.15) is 17.3 Å². The van der Waals surface area contributed by atoms with E-state index in [1.54, 1.807) is 25.7 Å². The van der Waals surface area contributed by atoms with Crippen LogP contribution < -0.4 is 0 Å². The van der Waals surface area contributed by atoms with Crippen molar-refractivity contribution < 1.29 is 23.8 Å². The number of hydrogen-bond acceptors (Lipinski definition) is 6. The second-order valence-electron chi connectivity index (χ2n) is 7.39. The first-order valence-electron chi connectivity index (χ1n) is 7.60. The summed E-state index contributed by atoms with van der Waals surface area (Å²) >= 11 is 4.31. The Morgan fingerprint density at radius 1 is 1.13 bits per heavy atom. The molecule has 23 heavy (non-hydrogen) atoms. The number of esters is 1. The maximum atomic E-state index is 12.1. The number of amides is 1. The van der Waals surface area contributed by atoms with E-state index in [4.69, 9.17) is 14.2 Å². The van der Waals surface area contributed by atoms with Crippen LogP contribution in [0.1, 0.15) is 41.5 Å². The van der Waals surface area contributed by atoms with Crippen molar-refractivity contribution in [2.45, 2.75) is 58.8 Å². The van der Waals surface area contributed by atoms with Gasteiger partial charge < -0.3 is 19.1 Å². The summed E-state index contributed by atoms with van der Waals surface area (Å²) in [5, 5.41) is 0. The monoisotopic (exact) mass is 345 g/mol. The number of rotatable bonds is 2. The maximum Gasteiger partial charge on any atom is 0.410 e. The molecule has 1 atom stereocenters. The van der Waals surface area contributed by atoms with Crippen LogP contribution in [0, 0.1) is 0 Å². The second-order valence-corrected chi connectivity index (χ2v) is 7.90. The fraction of sp³-hybridized carbons (Fsp3) is 0.750. The SMILES string of the molecule is CC(C)(C)OC(=O)/C=C(\S)[C@@H]1CN(C(=O)OC(C)(C)C)CCO1. The van der Waals surface area contributed by atoms with Crippen LogP contribution in [0.2, 0.25) is 0 Å². The number of nitrogens with zero attached hydrogens (tertiary/aromatic N) is 1. The van der Waals surface area contributed by atoms with Gasteiger partial charge in [0, 0.05) is 17.5 Å². The van der Waals surface area contributed by atoms with Gasteiger partial charge in [-0.25, -0.2) is 9.59 Å². The molecule has 6 nitrogen and oxygen atoms in total. The van der Waals surface area contributed by atoms with Gasteiger partial charge in [-0.2, -0.15) is 0 Å². The van der Waals surface area contributed by atoms with Crippen LogP contribution in [0.15, 0.2) is 11.0 Å². The molecule has 0 aliphatic carbocycles. The summed E-state index contributed by atoms with van der Waals surface area (Å²) in [6.07, 6.45) is 0.425. The standard InChI is InChI=1S/C16H27NO5S/c1-15(2,3)21-13(18)9-12(23)11-10-17(7-8-20-11)14(19)22-16(4,5)6/h9,11,23H,7-8,10H2,1-6H3/b12-9-/t11-/m0/s1. The molecule has 1 saturated heterocycles. The van der Waals surface area contributed by atoms with Crippen molar-refractivity contribution in [2.24, 2.45) is 0 Å². The summed E-state index contributed by atoms with van der Waals surface area (Å²) in [7, 11) is 0. The van der Waals surface area contributed by atoms with Gasteiger partial charge in [0.05, 0.1) is 13.2 Å². The number of morpholine rings is 1. The highest BCUT2D eigenvalue weighted by atomic mass is 32.1. The molecule has 0 N–H and O–H groups in total. The van der Waals surface area contributed by atoms with E-state index in [9.17, 15) is 9.59 Å². The molecular formula is C16H27NO5S. The lowest BCUT2D eigenvalue weighted by atomic mass is 10.2. The Labute approximate surface area is 143 Å². The molecule has 7 heteroatoms. The van der Waals surface area contributed by atoms with Gasteiger partial charge >= 0.3 is 12.1 Å². The van der Waals surface area contributed by atoms with Crippen molar-refractivity contribution in [1.29, 1.82) is 0 Å². The van der Waals surface area contributed by atoms with Crippen LogP contribution in [0.5, 0.6) is 0 Å². The van der Waals surface area contributed by atoms with Crippen molar-refractivity contribution in [3.05, 3.63) is 11.0 Å². The van der Waals surface area contributed by atoms with Crippen molar-refractivity contribution in [3.63, 3.8) is 0 Å². The molecule has 1 aliphatic rings. The Hall–Kier alpha value is -1.21. The van der Waals surface area contributed by atoms with E-state index in [-0.39, 0.29) is 6.54 Å². The van der Waals surface area contributed by atoms with Crippen molar-refractivity contribution in [3.8, 4) is 0 Å². The van der Waals surface area contributed by atoms with E-state index in [0.29, 0.717) is 18.1 Å². The van der Waals surface area contributed by atoms with Crippen LogP contribution in [-0.2, 0) is 19.0 Å². The number of ether oxygens (including phenoxy) is 3. The summed E-state index contributed by atoms with van der Waals surface area (Å²) in [6.45, 7) is 11.9. The van der Waals surface area contributed by atoms with Gasteiger partial charge in [0.2, 0.25) is 0 Å². The first kappa shape index (κ1) is 19.8. The summed E-state index contributed by atoms with van der Waals surface area (Å²) in [5.41, 5.74) is -1.13. The molecule has 132 valence electrons. The van der Waals surface area contributed by atoms with Gasteiger partial charge in [0.15, 0.2) is 0 Å². The fourth-order valence-electron chi connectivity index (χ4n) is 1.87. The Kier molecular flexibility index (Phi) is 6.53.